The van der Waals surface area contributed by atoms with Crippen LogP contribution in [0.3, 0.4) is 0 Å². The summed E-state index contributed by atoms with van der Waals surface area (Å²) in [6, 6.07) is 9.90. The number of carbonyl (C=O) groups is 2. The first-order valence-electron chi connectivity index (χ1n) is 11.1. The van der Waals surface area contributed by atoms with Crippen molar-refractivity contribution in [1.82, 2.24) is 4.90 Å². The van der Waals surface area contributed by atoms with Crippen molar-refractivity contribution in [3.05, 3.63) is 46.2 Å². The molecule has 0 saturated carbocycles. The Balaban J connectivity index is 0.000000604. The van der Waals surface area contributed by atoms with Gasteiger partial charge in [0.1, 0.15) is 5.75 Å². The molecule has 3 rings (SSSR count). The van der Waals surface area contributed by atoms with Crippen molar-refractivity contribution >= 4 is 39.0 Å². The second-order valence-corrected chi connectivity index (χ2v) is 10.7. The van der Waals surface area contributed by atoms with Gasteiger partial charge in [-0.05, 0) is 60.5 Å². The van der Waals surface area contributed by atoms with Crippen molar-refractivity contribution in [3.63, 3.8) is 0 Å². The molecule has 1 aromatic heterocycles. The van der Waals surface area contributed by atoms with Crippen LogP contribution in [-0.4, -0.2) is 61.4 Å². The van der Waals surface area contributed by atoms with Crippen molar-refractivity contribution < 1.29 is 33.0 Å². The molecule has 1 aliphatic rings. The van der Waals surface area contributed by atoms with E-state index < -0.39 is 22.0 Å². The number of fused-ring (bicyclic) bond motifs is 1. The number of rotatable bonds is 10. The van der Waals surface area contributed by atoms with Crippen LogP contribution in [0.15, 0.2) is 35.7 Å². The molecule has 0 aliphatic carbocycles. The molecule has 11 heteroatoms. The molecule has 0 bridgehead atoms. The van der Waals surface area contributed by atoms with Crippen LogP contribution in [0.2, 0.25) is 0 Å². The molecule has 2 heterocycles. The first kappa shape index (κ1) is 27.6. The number of benzene rings is 1. The molecular weight excluding hydrogens is 480 g/mol. The van der Waals surface area contributed by atoms with Gasteiger partial charge in [0.25, 0.3) is 0 Å². The van der Waals surface area contributed by atoms with Gasteiger partial charge in [0.15, 0.2) is 0 Å². The number of carboxylic acid groups (broad SMARTS) is 2. The Morgan fingerprint density at radius 2 is 1.82 bits per heavy atom. The van der Waals surface area contributed by atoms with Gasteiger partial charge in [-0.15, -0.1) is 11.3 Å². The van der Waals surface area contributed by atoms with Gasteiger partial charge in [0.2, 0.25) is 10.0 Å². The maximum atomic E-state index is 11.3. The van der Waals surface area contributed by atoms with E-state index in [0.29, 0.717) is 18.3 Å². The third kappa shape index (κ3) is 9.32. The highest BCUT2D eigenvalue weighted by Crippen LogP contribution is 2.37. The van der Waals surface area contributed by atoms with Gasteiger partial charge >= 0.3 is 11.9 Å². The molecule has 188 valence electrons. The SMILES string of the molecule is CCCCC1c2sccc2CCN1CCCOc1ccc(NS(C)(=O)=O)cc1.O=C(O)C(=O)O. The number of hydrogen-bond donors (Lipinski definition) is 3. The van der Waals surface area contributed by atoms with Crippen LogP contribution in [0.25, 0.3) is 0 Å². The van der Waals surface area contributed by atoms with Crippen LogP contribution in [0, 0.1) is 0 Å². The summed E-state index contributed by atoms with van der Waals surface area (Å²) >= 11 is 1.91. The second-order valence-electron chi connectivity index (χ2n) is 7.97. The fourth-order valence-corrected chi connectivity index (χ4v) is 5.39. The number of nitrogens with zero attached hydrogens (tertiary/aromatic N) is 1. The summed E-state index contributed by atoms with van der Waals surface area (Å²) in [5.74, 6) is -2.88. The zero-order chi connectivity index (χ0) is 25.1. The Kier molecular flexibility index (Phi) is 10.8. The minimum atomic E-state index is -3.25. The van der Waals surface area contributed by atoms with E-state index in [2.05, 4.69) is 28.0 Å². The average Bonchev–Trinajstić information content (AvgIpc) is 3.25. The maximum Gasteiger partial charge on any atom is 0.414 e. The largest absolute Gasteiger partial charge is 0.494 e. The third-order valence-electron chi connectivity index (χ3n) is 5.22. The Bertz CT molecular complexity index is 1020. The van der Waals surface area contributed by atoms with Crippen molar-refractivity contribution in [2.45, 2.75) is 45.1 Å². The van der Waals surface area contributed by atoms with Gasteiger partial charge in [-0.2, -0.15) is 0 Å². The molecule has 3 N–H and O–H groups in total. The molecule has 2 aromatic rings. The lowest BCUT2D eigenvalue weighted by Crippen LogP contribution is -2.35. The number of carboxylic acids is 2. The normalized spacial score (nSPS) is 15.5. The number of hydrogen-bond acceptors (Lipinski definition) is 7. The summed E-state index contributed by atoms with van der Waals surface area (Å²) in [4.78, 5) is 22.4. The van der Waals surface area contributed by atoms with Crippen LogP contribution < -0.4 is 9.46 Å². The molecule has 1 aromatic carbocycles. The highest BCUT2D eigenvalue weighted by Gasteiger charge is 2.27. The summed E-state index contributed by atoms with van der Waals surface area (Å²) in [6.07, 6.45) is 7.01. The first-order chi connectivity index (χ1) is 16.1. The minimum absolute atomic E-state index is 0.550. The summed E-state index contributed by atoms with van der Waals surface area (Å²) in [7, 11) is -3.25. The van der Waals surface area contributed by atoms with E-state index in [0.717, 1.165) is 37.9 Å². The lowest BCUT2D eigenvalue weighted by Gasteiger charge is -2.35. The fraction of sp³-hybridized carbons (Fsp3) is 0.478. The number of sulfonamides is 1. The second kappa shape index (κ2) is 13.3. The Morgan fingerprint density at radius 3 is 2.41 bits per heavy atom. The van der Waals surface area contributed by atoms with Gasteiger partial charge in [-0.3, -0.25) is 9.62 Å². The van der Waals surface area contributed by atoms with Crippen molar-refractivity contribution in [2.75, 3.05) is 30.7 Å². The van der Waals surface area contributed by atoms with E-state index in [4.69, 9.17) is 24.5 Å². The number of ether oxygens (including phenoxy) is 1. The predicted molar refractivity (Wildman–Crippen MR) is 132 cm³/mol. The van der Waals surface area contributed by atoms with Crippen LogP contribution >= 0.6 is 11.3 Å². The number of thiophene rings is 1. The van der Waals surface area contributed by atoms with E-state index in [9.17, 15) is 8.42 Å². The number of nitrogens with one attached hydrogen (secondary N) is 1. The molecular formula is C23H32N2O7S2. The zero-order valence-corrected chi connectivity index (χ0v) is 21.0. The van der Waals surface area contributed by atoms with Crippen LogP contribution in [0.4, 0.5) is 5.69 Å². The zero-order valence-electron chi connectivity index (χ0n) is 19.4. The smallest absolute Gasteiger partial charge is 0.414 e. The molecule has 0 saturated heterocycles. The Morgan fingerprint density at radius 1 is 1.15 bits per heavy atom. The van der Waals surface area contributed by atoms with E-state index in [1.165, 1.54) is 19.3 Å². The summed E-state index contributed by atoms with van der Waals surface area (Å²) in [5.41, 5.74) is 2.09. The molecule has 0 amide bonds. The standard InChI is InChI=1S/C21H30N2O3S2.C2H2O4/c1-3-4-6-20-21-17(12-16-27-21)11-14-23(20)13-5-15-26-19-9-7-18(8-10-19)22-28(2,24)25;3-1(4)2(5)6/h7-10,12,16,20,22H,3-6,11,13-15H2,1-2H3;(H,3,4)(H,5,6). The lowest BCUT2D eigenvalue weighted by molar-refractivity contribution is -0.159. The monoisotopic (exact) mass is 512 g/mol. The lowest BCUT2D eigenvalue weighted by atomic mass is 9.97. The summed E-state index contributed by atoms with van der Waals surface area (Å²) in [6.45, 7) is 5.09. The first-order valence-corrected chi connectivity index (χ1v) is 13.8. The quantitative estimate of drug-likeness (QED) is 0.323. The predicted octanol–water partition coefficient (Wildman–Crippen LogP) is 3.83. The Hall–Kier alpha value is -2.63. The maximum absolute atomic E-state index is 11.3. The molecule has 0 spiro atoms. The van der Waals surface area contributed by atoms with Crippen LogP contribution in [0.1, 0.15) is 49.1 Å². The van der Waals surface area contributed by atoms with E-state index >= 15 is 0 Å². The Labute approximate surface area is 204 Å². The fourth-order valence-electron chi connectivity index (χ4n) is 3.70. The van der Waals surface area contributed by atoms with E-state index in [1.54, 1.807) is 34.7 Å². The van der Waals surface area contributed by atoms with Gasteiger partial charge in [-0.1, -0.05) is 19.8 Å². The van der Waals surface area contributed by atoms with Crippen molar-refractivity contribution in [3.8, 4) is 5.75 Å². The van der Waals surface area contributed by atoms with Gasteiger partial charge in [0, 0.05) is 29.7 Å². The highest BCUT2D eigenvalue weighted by atomic mass is 32.2. The molecule has 0 radical (unpaired) electrons. The molecule has 1 unspecified atom stereocenters. The van der Waals surface area contributed by atoms with Crippen LogP contribution in [0.5, 0.6) is 5.75 Å². The van der Waals surface area contributed by atoms with Crippen molar-refractivity contribution in [1.29, 1.82) is 0 Å². The number of anilines is 1. The minimum Gasteiger partial charge on any atom is -0.494 e. The molecule has 34 heavy (non-hydrogen) atoms. The molecule has 0 fully saturated rings. The number of unbranched alkanes of at least 4 members (excludes halogenated alkanes) is 1. The summed E-state index contributed by atoms with van der Waals surface area (Å²) < 4.78 is 30.8. The van der Waals surface area contributed by atoms with Gasteiger partial charge in [0.05, 0.1) is 12.9 Å². The number of aliphatic carboxylic acids is 2. The summed E-state index contributed by atoms with van der Waals surface area (Å²) in [5, 5.41) is 17.0. The van der Waals surface area contributed by atoms with Gasteiger partial charge in [-0.25, -0.2) is 18.0 Å². The van der Waals surface area contributed by atoms with Crippen molar-refractivity contribution in [2.24, 2.45) is 0 Å². The van der Waals surface area contributed by atoms with Gasteiger partial charge < -0.3 is 14.9 Å². The molecule has 1 atom stereocenters. The third-order valence-corrected chi connectivity index (χ3v) is 6.89. The molecule has 9 nitrogen and oxygen atoms in total. The molecule has 1 aliphatic heterocycles. The topological polar surface area (TPSA) is 133 Å². The van der Waals surface area contributed by atoms with E-state index in [1.807, 2.05) is 11.3 Å². The average molecular weight is 513 g/mol. The van der Waals surface area contributed by atoms with E-state index in [-0.39, 0.29) is 0 Å². The van der Waals surface area contributed by atoms with Crippen LogP contribution in [-0.2, 0) is 26.0 Å². The highest BCUT2D eigenvalue weighted by molar-refractivity contribution is 7.92.